The molecule has 1 aliphatic heterocycles. The Bertz CT molecular complexity index is 644. The summed E-state index contributed by atoms with van der Waals surface area (Å²) in [6, 6.07) is 10.9. The molecular formula is C18H22N4O3. The van der Waals surface area contributed by atoms with Crippen LogP contribution in [0.3, 0.4) is 0 Å². The van der Waals surface area contributed by atoms with Crippen LogP contribution in [0.15, 0.2) is 24.3 Å². The quantitative estimate of drug-likeness (QED) is 0.700. The normalized spacial score (nSPS) is 14.3. The summed E-state index contributed by atoms with van der Waals surface area (Å²) < 4.78 is 10.8. The first-order chi connectivity index (χ1) is 12.2. The minimum atomic E-state index is -0.184. The molecule has 1 amide bonds. The largest absolute Gasteiger partial charge is 0.482 e. The van der Waals surface area contributed by atoms with Gasteiger partial charge in [-0.3, -0.25) is 9.69 Å². The van der Waals surface area contributed by atoms with E-state index in [0.717, 1.165) is 19.6 Å². The third-order valence-electron chi connectivity index (χ3n) is 3.99. The van der Waals surface area contributed by atoms with E-state index in [-0.39, 0.29) is 18.9 Å². The van der Waals surface area contributed by atoms with Crippen LogP contribution in [0.1, 0.15) is 12.0 Å². The molecular weight excluding hydrogens is 320 g/mol. The smallest absolute Gasteiger partial charge is 0.260 e. The van der Waals surface area contributed by atoms with Gasteiger partial charge in [0.1, 0.15) is 11.8 Å². The fourth-order valence-electron chi connectivity index (χ4n) is 2.55. The van der Waals surface area contributed by atoms with Gasteiger partial charge in [-0.15, -0.1) is 0 Å². The molecule has 1 heterocycles. The van der Waals surface area contributed by atoms with E-state index in [0.29, 0.717) is 37.6 Å². The Morgan fingerprint density at radius 1 is 1.24 bits per heavy atom. The molecule has 1 fully saturated rings. The Balaban J connectivity index is 1.88. The van der Waals surface area contributed by atoms with Gasteiger partial charge in [0, 0.05) is 32.7 Å². The second kappa shape index (κ2) is 10.3. The molecule has 25 heavy (non-hydrogen) atoms. The van der Waals surface area contributed by atoms with Crippen molar-refractivity contribution in [2.75, 3.05) is 52.5 Å². The number of morpholine rings is 1. The summed E-state index contributed by atoms with van der Waals surface area (Å²) in [7, 11) is 0. The Kier molecular flexibility index (Phi) is 7.71. The zero-order valence-electron chi connectivity index (χ0n) is 14.2. The molecule has 0 N–H and O–H groups in total. The van der Waals surface area contributed by atoms with Gasteiger partial charge in [0.05, 0.1) is 31.3 Å². The van der Waals surface area contributed by atoms with Crippen molar-refractivity contribution >= 4 is 5.91 Å². The van der Waals surface area contributed by atoms with Gasteiger partial charge in [0.2, 0.25) is 0 Å². The van der Waals surface area contributed by atoms with Crippen molar-refractivity contribution in [2.45, 2.75) is 6.42 Å². The summed E-state index contributed by atoms with van der Waals surface area (Å²) in [5, 5.41) is 17.9. The van der Waals surface area contributed by atoms with Gasteiger partial charge in [0.15, 0.2) is 6.61 Å². The first-order valence-corrected chi connectivity index (χ1v) is 8.31. The van der Waals surface area contributed by atoms with E-state index in [1.165, 1.54) is 0 Å². The van der Waals surface area contributed by atoms with Gasteiger partial charge in [-0.1, -0.05) is 12.1 Å². The minimum Gasteiger partial charge on any atom is -0.482 e. The van der Waals surface area contributed by atoms with Gasteiger partial charge in [-0.2, -0.15) is 10.5 Å². The first-order valence-electron chi connectivity index (χ1n) is 8.31. The molecule has 132 valence electrons. The number of nitrogens with zero attached hydrogens (tertiary/aromatic N) is 4. The molecule has 2 rings (SSSR count). The average molecular weight is 342 g/mol. The van der Waals surface area contributed by atoms with Crippen molar-refractivity contribution in [2.24, 2.45) is 0 Å². The average Bonchev–Trinajstić information content (AvgIpc) is 2.67. The van der Waals surface area contributed by atoms with E-state index in [1.807, 2.05) is 6.07 Å². The number of amides is 1. The van der Waals surface area contributed by atoms with Gasteiger partial charge >= 0.3 is 0 Å². The van der Waals surface area contributed by atoms with Crippen molar-refractivity contribution in [1.82, 2.24) is 9.80 Å². The van der Waals surface area contributed by atoms with Gasteiger partial charge in [-0.05, 0) is 12.1 Å². The standard InChI is InChI=1S/C18H22N4O3/c19-6-3-7-22(9-8-21-10-12-24-13-11-21)18(23)15-25-17-5-2-1-4-16(17)14-20/h1-2,4-5H,3,7-13,15H2. The maximum atomic E-state index is 12.5. The van der Waals surface area contributed by atoms with Gasteiger partial charge in [-0.25, -0.2) is 0 Å². The topological polar surface area (TPSA) is 89.6 Å². The zero-order chi connectivity index (χ0) is 17.9. The highest BCUT2D eigenvalue weighted by Crippen LogP contribution is 2.16. The van der Waals surface area contributed by atoms with Crippen LogP contribution in [0.2, 0.25) is 0 Å². The molecule has 0 saturated carbocycles. The molecule has 1 aliphatic rings. The van der Waals surface area contributed by atoms with Gasteiger partial charge < -0.3 is 14.4 Å². The summed E-state index contributed by atoms with van der Waals surface area (Å²) in [5.74, 6) is 0.211. The van der Waals surface area contributed by atoms with E-state index in [4.69, 9.17) is 20.0 Å². The Morgan fingerprint density at radius 3 is 2.72 bits per heavy atom. The monoisotopic (exact) mass is 342 g/mol. The molecule has 7 nitrogen and oxygen atoms in total. The molecule has 0 aromatic heterocycles. The number of carbonyl (C=O) groups is 1. The van der Waals surface area contributed by atoms with E-state index in [2.05, 4.69) is 11.0 Å². The molecule has 0 radical (unpaired) electrons. The number of hydrogen-bond acceptors (Lipinski definition) is 6. The summed E-state index contributed by atoms with van der Waals surface area (Å²) in [4.78, 5) is 16.3. The number of carbonyl (C=O) groups excluding carboxylic acids is 1. The van der Waals surface area contributed by atoms with Crippen LogP contribution in [0.5, 0.6) is 5.75 Å². The molecule has 0 aliphatic carbocycles. The number of rotatable bonds is 8. The van der Waals surface area contributed by atoms with Crippen LogP contribution in [-0.2, 0) is 9.53 Å². The van der Waals surface area contributed by atoms with Crippen molar-refractivity contribution in [3.05, 3.63) is 29.8 Å². The predicted octanol–water partition coefficient (Wildman–Crippen LogP) is 1.01. The second-order valence-electron chi connectivity index (χ2n) is 5.64. The number of nitriles is 2. The van der Waals surface area contributed by atoms with E-state index >= 15 is 0 Å². The Labute approximate surface area is 147 Å². The number of para-hydroxylation sites is 1. The van der Waals surface area contributed by atoms with E-state index in [1.54, 1.807) is 29.2 Å². The van der Waals surface area contributed by atoms with Crippen molar-refractivity contribution in [1.29, 1.82) is 10.5 Å². The number of hydrogen-bond donors (Lipinski definition) is 0. The Hall–Kier alpha value is -2.61. The SMILES string of the molecule is N#CCCN(CCN1CCOCC1)C(=O)COc1ccccc1C#N. The fraction of sp³-hybridized carbons (Fsp3) is 0.500. The molecule has 0 unspecified atom stereocenters. The molecule has 1 saturated heterocycles. The Morgan fingerprint density at radius 2 is 2.00 bits per heavy atom. The third kappa shape index (κ3) is 6.07. The van der Waals surface area contributed by atoms with Crippen molar-refractivity contribution in [3.8, 4) is 17.9 Å². The van der Waals surface area contributed by atoms with Crippen LogP contribution in [0, 0.1) is 22.7 Å². The van der Waals surface area contributed by atoms with Crippen LogP contribution < -0.4 is 4.74 Å². The van der Waals surface area contributed by atoms with Crippen molar-refractivity contribution in [3.63, 3.8) is 0 Å². The van der Waals surface area contributed by atoms with Crippen LogP contribution in [0.25, 0.3) is 0 Å². The lowest BCUT2D eigenvalue weighted by Gasteiger charge is -2.29. The number of benzene rings is 1. The lowest BCUT2D eigenvalue weighted by atomic mass is 10.2. The molecule has 0 bridgehead atoms. The maximum Gasteiger partial charge on any atom is 0.260 e. The molecule has 7 heteroatoms. The third-order valence-corrected chi connectivity index (χ3v) is 3.99. The fourth-order valence-corrected chi connectivity index (χ4v) is 2.55. The molecule has 0 spiro atoms. The highest BCUT2D eigenvalue weighted by atomic mass is 16.5. The maximum absolute atomic E-state index is 12.5. The second-order valence-corrected chi connectivity index (χ2v) is 5.64. The lowest BCUT2D eigenvalue weighted by Crippen LogP contribution is -2.44. The summed E-state index contributed by atoms with van der Waals surface area (Å²) in [5.41, 5.74) is 0.396. The van der Waals surface area contributed by atoms with Crippen molar-refractivity contribution < 1.29 is 14.3 Å². The lowest BCUT2D eigenvalue weighted by molar-refractivity contribution is -0.133. The molecule has 1 aromatic rings. The summed E-state index contributed by atoms with van der Waals surface area (Å²) >= 11 is 0. The predicted molar refractivity (Wildman–Crippen MR) is 90.7 cm³/mol. The molecule has 0 atom stereocenters. The number of ether oxygens (including phenoxy) is 2. The van der Waals surface area contributed by atoms with Gasteiger partial charge in [0.25, 0.3) is 5.91 Å². The van der Waals surface area contributed by atoms with Crippen LogP contribution >= 0.6 is 0 Å². The van der Waals surface area contributed by atoms with Crippen LogP contribution in [-0.4, -0.2) is 68.3 Å². The van der Waals surface area contributed by atoms with Crippen LogP contribution in [0.4, 0.5) is 0 Å². The highest BCUT2D eigenvalue weighted by Gasteiger charge is 2.17. The molecule has 1 aromatic carbocycles. The first kappa shape index (κ1) is 18.7. The van der Waals surface area contributed by atoms with E-state index in [9.17, 15) is 4.79 Å². The van der Waals surface area contributed by atoms with E-state index < -0.39 is 0 Å². The summed E-state index contributed by atoms with van der Waals surface area (Å²) in [6.45, 7) is 4.65. The zero-order valence-corrected chi connectivity index (χ0v) is 14.2. The highest BCUT2D eigenvalue weighted by molar-refractivity contribution is 5.77. The minimum absolute atomic E-state index is 0.146. The summed E-state index contributed by atoms with van der Waals surface area (Å²) in [6.07, 6.45) is 0.281.